The topological polar surface area (TPSA) is 63.0 Å². The monoisotopic (exact) mass is 382 g/mol. The molecule has 2 heterocycles. The molecule has 3 aromatic rings. The number of hydrogen-bond donors (Lipinski definition) is 2. The fourth-order valence-corrected chi connectivity index (χ4v) is 2.48. The highest BCUT2D eigenvalue weighted by atomic mass is 35.5. The van der Waals surface area contributed by atoms with E-state index in [9.17, 15) is 13.2 Å². The standard InChI is InChI=1S/C17H14ClF3N4O/c1-10-23-15(22-9-12-3-2-6-26-12)8-16(24-10)25-14-5-4-11(18)7-13(14)17(19,20)21/h2-8H,9H2,1H3,(H2,22,23,24,25). The molecule has 0 saturated carbocycles. The van der Waals surface area contributed by atoms with E-state index >= 15 is 0 Å². The van der Waals surface area contributed by atoms with E-state index in [1.165, 1.54) is 18.2 Å². The molecule has 136 valence electrons. The number of anilines is 3. The second-order valence-electron chi connectivity index (χ2n) is 5.43. The summed E-state index contributed by atoms with van der Waals surface area (Å²) in [5, 5.41) is 5.73. The van der Waals surface area contributed by atoms with Crippen LogP contribution in [0.5, 0.6) is 0 Å². The van der Waals surface area contributed by atoms with E-state index in [0.29, 0.717) is 23.9 Å². The van der Waals surface area contributed by atoms with Crippen LogP contribution in [-0.2, 0) is 12.7 Å². The predicted octanol–water partition coefficient (Wildman–Crippen LogP) is 5.41. The van der Waals surface area contributed by atoms with Crippen molar-refractivity contribution in [3.8, 4) is 0 Å². The number of aromatic nitrogens is 2. The van der Waals surface area contributed by atoms with Gasteiger partial charge in [0.25, 0.3) is 0 Å². The van der Waals surface area contributed by atoms with Gasteiger partial charge in [0.05, 0.1) is 24.1 Å². The van der Waals surface area contributed by atoms with Gasteiger partial charge in [0.1, 0.15) is 23.2 Å². The fourth-order valence-electron chi connectivity index (χ4n) is 2.31. The Morgan fingerprint density at radius 1 is 1.12 bits per heavy atom. The number of aryl methyl sites for hydroxylation is 1. The van der Waals surface area contributed by atoms with Crippen molar-refractivity contribution in [2.24, 2.45) is 0 Å². The van der Waals surface area contributed by atoms with Crippen LogP contribution in [0.4, 0.5) is 30.5 Å². The van der Waals surface area contributed by atoms with Gasteiger partial charge in [-0.15, -0.1) is 0 Å². The van der Waals surface area contributed by atoms with E-state index in [2.05, 4.69) is 20.6 Å². The summed E-state index contributed by atoms with van der Waals surface area (Å²) < 4.78 is 44.9. The zero-order valence-corrected chi connectivity index (χ0v) is 14.3. The molecule has 0 spiro atoms. The smallest absolute Gasteiger partial charge is 0.418 e. The molecular formula is C17H14ClF3N4O. The second kappa shape index (κ2) is 7.25. The summed E-state index contributed by atoms with van der Waals surface area (Å²) in [6.07, 6.45) is -3.00. The van der Waals surface area contributed by atoms with Crippen molar-refractivity contribution < 1.29 is 17.6 Å². The molecule has 3 rings (SSSR count). The van der Waals surface area contributed by atoms with E-state index in [0.717, 1.165) is 6.07 Å². The van der Waals surface area contributed by atoms with Crippen LogP contribution < -0.4 is 10.6 Å². The molecule has 0 atom stereocenters. The van der Waals surface area contributed by atoms with Gasteiger partial charge in [-0.2, -0.15) is 13.2 Å². The number of furan rings is 1. The molecule has 0 saturated heterocycles. The van der Waals surface area contributed by atoms with Gasteiger partial charge in [-0.05, 0) is 37.3 Å². The molecule has 1 aromatic carbocycles. The predicted molar refractivity (Wildman–Crippen MR) is 92.5 cm³/mol. The Kier molecular flexibility index (Phi) is 5.03. The molecule has 0 bridgehead atoms. The molecule has 2 aromatic heterocycles. The highest BCUT2D eigenvalue weighted by molar-refractivity contribution is 6.30. The van der Waals surface area contributed by atoms with E-state index < -0.39 is 11.7 Å². The van der Waals surface area contributed by atoms with E-state index in [1.807, 2.05) is 0 Å². The van der Waals surface area contributed by atoms with Gasteiger partial charge >= 0.3 is 6.18 Å². The Morgan fingerprint density at radius 2 is 1.88 bits per heavy atom. The molecule has 0 aliphatic carbocycles. The first-order chi connectivity index (χ1) is 12.3. The number of nitrogens with one attached hydrogen (secondary N) is 2. The van der Waals surface area contributed by atoms with Crippen LogP contribution in [0.2, 0.25) is 5.02 Å². The van der Waals surface area contributed by atoms with Crippen LogP contribution >= 0.6 is 11.6 Å². The quantitative estimate of drug-likeness (QED) is 0.618. The minimum Gasteiger partial charge on any atom is -0.467 e. The Balaban J connectivity index is 1.84. The third kappa shape index (κ3) is 4.45. The lowest BCUT2D eigenvalue weighted by molar-refractivity contribution is -0.136. The maximum Gasteiger partial charge on any atom is 0.418 e. The minimum atomic E-state index is -4.55. The third-order valence-corrected chi connectivity index (χ3v) is 3.65. The summed E-state index contributed by atoms with van der Waals surface area (Å²) in [4.78, 5) is 8.35. The van der Waals surface area contributed by atoms with E-state index in [4.69, 9.17) is 16.0 Å². The number of hydrogen-bond acceptors (Lipinski definition) is 5. The summed E-state index contributed by atoms with van der Waals surface area (Å²) in [5.74, 6) is 1.79. The summed E-state index contributed by atoms with van der Waals surface area (Å²) in [7, 11) is 0. The van der Waals surface area contributed by atoms with Crippen LogP contribution in [0, 0.1) is 6.92 Å². The van der Waals surface area contributed by atoms with Gasteiger partial charge in [-0.25, -0.2) is 9.97 Å². The molecule has 26 heavy (non-hydrogen) atoms. The largest absolute Gasteiger partial charge is 0.467 e. The van der Waals surface area contributed by atoms with Crippen LogP contribution in [0.15, 0.2) is 47.1 Å². The molecule has 0 aliphatic rings. The van der Waals surface area contributed by atoms with Crippen molar-refractivity contribution in [3.63, 3.8) is 0 Å². The van der Waals surface area contributed by atoms with E-state index in [1.54, 1.807) is 25.3 Å². The van der Waals surface area contributed by atoms with Gasteiger partial charge in [-0.3, -0.25) is 0 Å². The molecule has 0 fully saturated rings. The lowest BCUT2D eigenvalue weighted by atomic mass is 10.1. The Labute approximate surface area is 152 Å². The first-order valence-electron chi connectivity index (χ1n) is 7.57. The van der Waals surface area contributed by atoms with Crippen LogP contribution in [0.3, 0.4) is 0 Å². The number of nitrogens with zero attached hydrogens (tertiary/aromatic N) is 2. The van der Waals surface area contributed by atoms with E-state index in [-0.39, 0.29) is 16.5 Å². The van der Waals surface area contributed by atoms with Crippen molar-refractivity contribution in [2.75, 3.05) is 10.6 Å². The summed E-state index contributed by atoms with van der Waals surface area (Å²) in [5.41, 5.74) is -1.01. The van der Waals surface area contributed by atoms with Crippen LogP contribution in [-0.4, -0.2) is 9.97 Å². The summed E-state index contributed by atoms with van der Waals surface area (Å²) in [6.45, 7) is 2.04. The molecule has 2 N–H and O–H groups in total. The lowest BCUT2D eigenvalue weighted by Crippen LogP contribution is -2.10. The normalized spacial score (nSPS) is 11.4. The molecular weight excluding hydrogens is 369 g/mol. The Morgan fingerprint density at radius 3 is 2.58 bits per heavy atom. The molecule has 0 amide bonds. The Bertz CT molecular complexity index is 898. The van der Waals surface area contributed by atoms with Crippen molar-refractivity contribution in [2.45, 2.75) is 19.6 Å². The average Bonchev–Trinajstić information content (AvgIpc) is 3.07. The molecule has 9 heteroatoms. The zero-order valence-electron chi connectivity index (χ0n) is 13.6. The molecule has 5 nitrogen and oxygen atoms in total. The van der Waals surface area contributed by atoms with Crippen molar-refractivity contribution >= 4 is 28.9 Å². The van der Waals surface area contributed by atoms with Crippen molar-refractivity contribution in [1.29, 1.82) is 0 Å². The zero-order chi connectivity index (χ0) is 18.7. The van der Waals surface area contributed by atoms with Gasteiger partial charge in [0.2, 0.25) is 0 Å². The highest BCUT2D eigenvalue weighted by Gasteiger charge is 2.34. The van der Waals surface area contributed by atoms with Crippen LogP contribution in [0.25, 0.3) is 0 Å². The lowest BCUT2D eigenvalue weighted by Gasteiger charge is -2.15. The van der Waals surface area contributed by atoms with Gasteiger partial charge in [-0.1, -0.05) is 11.6 Å². The van der Waals surface area contributed by atoms with Gasteiger partial charge < -0.3 is 15.1 Å². The molecule has 0 unspecified atom stereocenters. The number of rotatable bonds is 5. The number of halogens is 4. The number of alkyl halides is 3. The maximum atomic E-state index is 13.2. The SMILES string of the molecule is Cc1nc(NCc2ccco2)cc(Nc2ccc(Cl)cc2C(F)(F)F)n1. The minimum absolute atomic E-state index is 0.00236. The van der Waals surface area contributed by atoms with Gasteiger partial charge in [0.15, 0.2) is 0 Å². The summed E-state index contributed by atoms with van der Waals surface area (Å²) >= 11 is 5.69. The fraction of sp³-hybridized carbons (Fsp3) is 0.176. The number of benzene rings is 1. The van der Waals surface area contributed by atoms with Crippen molar-refractivity contribution in [1.82, 2.24) is 9.97 Å². The maximum absolute atomic E-state index is 13.2. The van der Waals surface area contributed by atoms with Crippen molar-refractivity contribution in [3.05, 3.63) is 64.8 Å². The Hall–Kier alpha value is -2.74. The molecule has 0 radical (unpaired) electrons. The van der Waals surface area contributed by atoms with Gasteiger partial charge in [0, 0.05) is 11.1 Å². The second-order valence-corrected chi connectivity index (χ2v) is 5.87. The molecule has 0 aliphatic heterocycles. The highest BCUT2D eigenvalue weighted by Crippen LogP contribution is 2.37. The summed E-state index contributed by atoms with van der Waals surface area (Å²) in [6, 6.07) is 8.58. The van der Waals surface area contributed by atoms with Crippen LogP contribution in [0.1, 0.15) is 17.1 Å². The first-order valence-corrected chi connectivity index (χ1v) is 7.95. The third-order valence-electron chi connectivity index (χ3n) is 3.41. The average molecular weight is 383 g/mol. The first kappa shape index (κ1) is 18.1.